The van der Waals surface area contributed by atoms with E-state index in [0.29, 0.717) is 12.4 Å². The lowest BCUT2D eigenvalue weighted by Crippen LogP contribution is -2.23. The fraction of sp³-hybridized carbons (Fsp3) is 0.438. The molecule has 0 aliphatic heterocycles. The van der Waals surface area contributed by atoms with Crippen molar-refractivity contribution < 1.29 is 12.8 Å². The molecule has 1 heterocycles. The molecule has 7 heteroatoms. The standard InChI is InChI=1S/C16H23N3O3S/c1-11-13(3)22-16(18-11)10-17-12(2)14-7-6-8-15(9-14)23(20,21)19(4)5/h6-9,12,17H,10H2,1-5H3. The molecule has 0 radical (unpaired) electrons. The van der Waals surface area contributed by atoms with Crippen LogP contribution >= 0.6 is 0 Å². The summed E-state index contributed by atoms with van der Waals surface area (Å²) < 4.78 is 31.2. The van der Waals surface area contributed by atoms with Crippen LogP contribution in [0.15, 0.2) is 33.6 Å². The second kappa shape index (κ2) is 6.82. The average molecular weight is 337 g/mol. The molecule has 2 aromatic rings. The van der Waals surface area contributed by atoms with Crippen LogP contribution in [-0.4, -0.2) is 31.8 Å². The summed E-state index contributed by atoms with van der Waals surface area (Å²) in [7, 11) is -0.378. The zero-order chi connectivity index (χ0) is 17.2. The molecule has 0 aliphatic carbocycles. The maximum Gasteiger partial charge on any atom is 0.242 e. The molecule has 0 saturated carbocycles. The molecular formula is C16H23N3O3S. The van der Waals surface area contributed by atoms with Gasteiger partial charge in [-0.25, -0.2) is 17.7 Å². The van der Waals surface area contributed by atoms with E-state index in [4.69, 9.17) is 4.42 Å². The first kappa shape index (κ1) is 17.7. The average Bonchev–Trinajstić information content (AvgIpc) is 2.83. The van der Waals surface area contributed by atoms with Crippen LogP contribution in [0.2, 0.25) is 0 Å². The highest BCUT2D eigenvalue weighted by molar-refractivity contribution is 7.89. The van der Waals surface area contributed by atoms with Crippen LogP contribution in [-0.2, 0) is 16.6 Å². The van der Waals surface area contributed by atoms with Gasteiger partial charge in [0, 0.05) is 20.1 Å². The van der Waals surface area contributed by atoms with Crippen LogP contribution in [0.4, 0.5) is 0 Å². The number of hydrogen-bond acceptors (Lipinski definition) is 5. The molecule has 1 aromatic carbocycles. The van der Waals surface area contributed by atoms with Crippen molar-refractivity contribution in [2.75, 3.05) is 14.1 Å². The minimum absolute atomic E-state index is 0.0279. The van der Waals surface area contributed by atoms with Gasteiger partial charge < -0.3 is 9.73 Å². The smallest absolute Gasteiger partial charge is 0.242 e. The van der Waals surface area contributed by atoms with E-state index in [0.717, 1.165) is 17.0 Å². The molecule has 126 valence electrons. The van der Waals surface area contributed by atoms with E-state index in [1.807, 2.05) is 26.8 Å². The Kier molecular flexibility index (Phi) is 5.23. The number of hydrogen-bond donors (Lipinski definition) is 1. The van der Waals surface area contributed by atoms with Crippen molar-refractivity contribution in [3.63, 3.8) is 0 Å². The number of nitrogens with zero attached hydrogens (tertiary/aromatic N) is 2. The Morgan fingerprint density at radius 1 is 1.30 bits per heavy atom. The normalized spacial score (nSPS) is 13.5. The predicted octanol–water partition coefficient (Wildman–Crippen LogP) is 2.39. The molecule has 1 N–H and O–H groups in total. The molecule has 1 atom stereocenters. The van der Waals surface area contributed by atoms with Crippen molar-refractivity contribution in [2.45, 2.75) is 38.3 Å². The second-order valence-corrected chi connectivity index (χ2v) is 7.86. The highest BCUT2D eigenvalue weighted by Gasteiger charge is 2.18. The number of sulfonamides is 1. The van der Waals surface area contributed by atoms with E-state index < -0.39 is 10.0 Å². The molecule has 0 saturated heterocycles. The van der Waals surface area contributed by atoms with E-state index in [1.54, 1.807) is 18.2 Å². The molecule has 2 rings (SSSR count). The summed E-state index contributed by atoms with van der Waals surface area (Å²) in [5, 5.41) is 3.30. The van der Waals surface area contributed by atoms with Crippen molar-refractivity contribution in [1.29, 1.82) is 0 Å². The van der Waals surface area contributed by atoms with E-state index in [9.17, 15) is 8.42 Å². The Labute approximate surface area is 137 Å². The fourth-order valence-electron chi connectivity index (χ4n) is 2.13. The van der Waals surface area contributed by atoms with Crippen molar-refractivity contribution in [3.05, 3.63) is 47.2 Å². The topological polar surface area (TPSA) is 75.4 Å². The molecule has 0 fully saturated rings. The highest BCUT2D eigenvalue weighted by atomic mass is 32.2. The third kappa shape index (κ3) is 3.99. The largest absolute Gasteiger partial charge is 0.444 e. The minimum atomic E-state index is -3.43. The van der Waals surface area contributed by atoms with Crippen molar-refractivity contribution in [3.8, 4) is 0 Å². The van der Waals surface area contributed by atoms with Gasteiger partial charge in [-0.3, -0.25) is 0 Å². The van der Waals surface area contributed by atoms with Crippen molar-refractivity contribution >= 4 is 10.0 Å². The van der Waals surface area contributed by atoms with Gasteiger partial charge in [-0.1, -0.05) is 12.1 Å². The zero-order valence-corrected chi connectivity index (χ0v) is 14.9. The number of oxazole rings is 1. The van der Waals surface area contributed by atoms with Crippen molar-refractivity contribution in [1.82, 2.24) is 14.6 Å². The molecule has 0 aliphatic rings. The third-order valence-electron chi connectivity index (χ3n) is 3.77. The van der Waals surface area contributed by atoms with Gasteiger partial charge in [0.05, 0.1) is 17.1 Å². The summed E-state index contributed by atoms with van der Waals surface area (Å²) in [5.74, 6) is 1.44. The Morgan fingerprint density at radius 2 is 2.00 bits per heavy atom. The third-order valence-corrected chi connectivity index (χ3v) is 5.58. The van der Waals surface area contributed by atoms with Gasteiger partial charge in [0.2, 0.25) is 15.9 Å². The van der Waals surface area contributed by atoms with Crippen LogP contribution in [0, 0.1) is 13.8 Å². The number of nitrogens with one attached hydrogen (secondary N) is 1. The van der Waals surface area contributed by atoms with E-state index in [2.05, 4.69) is 10.3 Å². The van der Waals surface area contributed by atoms with Gasteiger partial charge in [0.15, 0.2) is 0 Å². The molecule has 1 unspecified atom stereocenters. The van der Waals surface area contributed by atoms with E-state index in [-0.39, 0.29) is 10.9 Å². The zero-order valence-electron chi connectivity index (χ0n) is 14.1. The second-order valence-electron chi connectivity index (χ2n) is 5.71. The van der Waals surface area contributed by atoms with Gasteiger partial charge in [-0.05, 0) is 38.5 Å². The first-order chi connectivity index (χ1) is 10.7. The number of aromatic nitrogens is 1. The first-order valence-corrected chi connectivity index (χ1v) is 8.84. The number of rotatable bonds is 6. The van der Waals surface area contributed by atoms with E-state index in [1.165, 1.54) is 18.4 Å². The van der Waals surface area contributed by atoms with Gasteiger partial charge >= 0.3 is 0 Å². The van der Waals surface area contributed by atoms with Gasteiger partial charge in [-0.2, -0.15) is 0 Å². The summed E-state index contributed by atoms with van der Waals surface area (Å²) >= 11 is 0. The Morgan fingerprint density at radius 3 is 2.57 bits per heavy atom. The van der Waals surface area contributed by atoms with Crippen molar-refractivity contribution in [2.24, 2.45) is 0 Å². The summed E-state index contributed by atoms with van der Waals surface area (Å²) in [4.78, 5) is 4.61. The lowest BCUT2D eigenvalue weighted by molar-refractivity contribution is 0.431. The Balaban J connectivity index is 2.12. The lowest BCUT2D eigenvalue weighted by atomic mass is 10.1. The van der Waals surface area contributed by atoms with Gasteiger partial charge in [0.1, 0.15) is 5.76 Å². The minimum Gasteiger partial charge on any atom is -0.444 e. The molecule has 0 amide bonds. The van der Waals surface area contributed by atoms with Crippen LogP contribution in [0.1, 0.15) is 35.9 Å². The monoisotopic (exact) mass is 337 g/mol. The SMILES string of the molecule is Cc1nc(CNC(C)c2cccc(S(=O)(=O)N(C)C)c2)oc1C. The Bertz CT molecular complexity index is 762. The van der Waals surface area contributed by atoms with Crippen LogP contribution in [0.3, 0.4) is 0 Å². The van der Waals surface area contributed by atoms with Gasteiger partial charge in [0.25, 0.3) is 0 Å². The number of aryl methyl sites for hydroxylation is 2. The summed E-state index contributed by atoms with van der Waals surface area (Å²) in [6.45, 7) is 6.25. The molecule has 23 heavy (non-hydrogen) atoms. The first-order valence-electron chi connectivity index (χ1n) is 7.40. The molecule has 0 spiro atoms. The Hall–Kier alpha value is -1.70. The lowest BCUT2D eigenvalue weighted by Gasteiger charge is -2.16. The summed E-state index contributed by atoms with van der Waals surface area (Å²) in [6, 6.07) is 6.92. The molecule has 1 aromatic heterocycles. The molecule has 6 nitrogen and oxygen atoms in total. The quantitative estimate of drug-likeness (QED) is 0.876. The van der Waals surface area contributed by atoms with Gasteiger partial charge in [-0.15, -0.1) is 0 Å². The van der Waals surface area contributed by atoms with E-state index >= 15 is 0 Å². The predicted molar refractivity (Wildman–Crippen MR) is 88.5 cm³/mol. The van der Waals surface area contributed by atoms with Crippen LogP contribution in [0.25, 0.3) is 0 Å². The summed E-state index contributed by atoms with van der Waals surface area (Å²) in [5.41, 5.74) is 1.78. The van der Waals surface area contributed by atoms with Crippen LogP contribution in [0.5, 0.6) is 0 Å². The summed E-state index contributed by atoms with van der Waals surface area (Å²) in [6.07, 6.45) is 0. The highest BCUT2D eigenvalue weighted by Crippen LogP contribution is 2.20. The molecular weight excluding hydrogens is 314 g/mol. The van der Waals surface area contributed by atoms with Crippen LogP contribution < -0.4 is 5.32 Å². The molecule has 0 bridgehead atoms. The maximum absolute atomic E-state index is 12.2. The maximum atomic E-state index is 12.2. The number of benzene rings is 1. The fourth-order valence-corrected chi connectivity index (χ4v) is 3.09.